The molecule has 1 fully saturated rings. The van der Waals surface area contributed by atoms with Crippen LogP contribution in [0.2, 0.25) is 0 Å². The molecule has 210 valence electrons. The second-order valence-corrected chi connectivity index (χ2v) is 9.57. The minimum atomic E-state index is -0.685. The van der Waals surface area contributed by atoms with Crippen LogP contribution < -0.4 is 16.6 Å². The van der Waals surface area contributed by atoms with Crippen molar-refractivity contribution >= 4 is 11.8 Å². The lowest BCUT2D eigenvalue weighted by Gasteiger charge is -2.15. The van der Waals surface area contributed by atoms with Gasteiger partial charge in [-0.1, -0.05) is 30.3 Å². The number of para-hydroxylation sites is 1. The molecule has 4 aromatic rings. The lowest BCUT2D eigenvalue weighted by molar-refractivity contribution is 0.160. The molecule has 0 saturated carbocycles. The van der Waals surface area contributed by atoms with Crippen LogP contribution in [0, 0.1) is 12.7 Å². The lowest BCUT2D eigenvalue weighted by Crippen LogP contribution is -2.24. The minimum Gasteiger partial charge on any atom is -0.383 e. The quantitative estimate of drug-likeness (QED) is 0.364. The Labute approximate surface area is 232 Å². The first kappa shape index (κ1) is 28.7. The number of amides is 2. The molecule has 2 aromatic carbocycles. The molecule has 0 spiro atoms. The summed E-state index contributed by atoms with van der Waals surface area (Å²) in [6, 6.07) is 18.6. The number of methoxy groups -OCH3 is 1. The molecule has 1 aliphatic heterocycles. The van der Waals surface area contributed by atoms with Gasteiger partial charge >= 0.3 is 6.03 Å². The maximum absolute atomic E-state index is 12.8. The molecule has 1 aliphatic rings. The van der Waals surface area contributed by atoms with E-state index in [4.69, 9.17) is 10.5 Å². The number of hydrogen-bond acceptors (Lipinski definition) is 6. The van der Waals surface area contributed by atoms with Crippen LogP contribution >= 0.6 is 0 Å². The Bertz CT molecular complexity index is 1490. The van der Waals surface area contributed by atoms with Gasteiger partial charge in [0.05, 0.1) is 12.3 Å². The van der Waals surface area contributed by atoms with Gasteiger partial charge in [0.15, 0.2) is 0 Å². The van der Waals surface area contributed by atoms with Crippen molar-refractivity contribution in [3.05, 3.63) is 94.0 Å². The Morgan fingerprint density at radius 3 is 2.48 bits per heavy atom. The number of nitrogens with one attached hydrogen (secondary N) is 1. The predicted molar refractivity (Wildman–Crippen MR) is 152 cm³/mol. The third-order valence-electron chi connectivity index (χ3n) is 6.79. The molecule has 2 amide bonds. The molecule has 11 heteroatoms. The number of anilines is 1. The highest BCUT2D eigenvalue weighted by Crippen LogP contribution is 2.29. The number of nitrogens with two attached hydrogens (primary N) is 1. The standard InChI is InChI=1S/C16H16N6O2.C13H18FNO/c1-10-14(12-8-9-13(23)21(2)19-12)20-22(15(10)18-16(17)24)11-6-4-3-5-7-11;1-16-9-8-15-7-6-12(10-15)11-2-4-13(14)5-3-11/h3-9H,1-2H3,(H3,17,18,24);2-5,12H,6-10H2,1H3. The van der Waals surface area contributed by atoms with E-state index in [1.807, 2.05) is 42.5 Å². The van der Waals surface area contributed by atoms with Crippen molar-refractivity contribution in [2.75, 3.05) is 38.7 Å². The van der Waals surface area contributed by atoms with Crippen molar-refractivity contribution in [1.29, 1.82) is 0 Å². The van der Waals surface area contributed by atoms with Gasteiger partial charge < -0.3 is 15.4 Å². The number of benzene rings is 2. The van der Waals surface area contributed by atoms with Crippen LogP contribution in [-0.2, 0) is 11.8 Å². The number of primary amides is 1. The SMILES string of the molecule is COCCN1CCC(c2ccc(F)cc2)C1.Cc1c(-c2ccc(=O)n(C)n2)nn(-c2ccccc2)c1NC(N)=O. The minimum absolute atomic E-state index is 0.155. The van der Waals surface area contributed by atoms with E-state index in [9.17, 15) is 14.0 Å². The van der Waals surface area contributed by atoms with Gasteiger partial charge in [-0.3, -0.25) is 10.1 Å². The third-order valence-corrected chi connectivity index (χ3v) is 6.79. The van der Waals surface area contributed by atoms with Crippen molar-refractivity contribution < 1.29 is 13.9 Å². The number of carbonyl (C=O) groups excluding carboxylic acids is 1. The Balaban J connectivity index is 0.000000201. The highest BCUT2D eigenvalue weighted by atomic mass is 19.1. The van der Waals surface area contributed by atoms with Gasteiger partial charge in [0.1, 0.15) is 23.0 Å². The number of ether oxygens (including phenoxy) is 1. The van der Waals surface area contributed by atoms with E-state index in [-0.39, 0.29) is 11.4 Å². The molecular formula is C29H34FN7O3. The summed E-state index contributed by atoms with van der Waals surface area (Å²) < 4.78 is 20.7. The van der Waals surface area contributed by atoms with Gasteiger partial charge in [-0.2, -0.15) is 10.2 Å². The van der Waals surface area contributed by atoms with Crippen LogP contribution in [0.3, 0.4) is 0 Å². The van der Waals surface area contributed by atoms with Gasteiger partial charge in [-0.15, -0.1) is 0 Å². The second-order valence-electron chi connectivity index (χ2n) is 9.57. The fraction of sp³-hybridized carbons (Fsp3) is 0.310. The summed E-state index contributed by atoms with van der Waals surface area (Å²) in [4.78, 5) is 25.3. The predicted octanol–water partition coefficient (Wildman–Crippen LogP) is 3.69. The van der Waals surface area contributed by atoms with E-state index in [0.717, 1.165) is 38.3 Å². The van der Waals surface area contributed by atoms with E-state index >= 15 is 0 Å². The van der Waals surface area contributed by atoms with Gasteiger partial charge in [-0.25, -0.2) is 18.5 Å². The fourth-order valence-corrected chi connectivity index (χ4v) is 4.65. The Hall–Kier alpha value is -4.35. The van der Waals surface area contributed by atoms with Crippen LogP contribution in [0.4, 0.5) is 15.0 Å². The monoisotopic (exact) mass is 547 g/mol. The zero-order valence-corrected chi connectivity index (χ0v) is 22.9. The van der Waals surface area contributed by atoms with Crippen LogP contribution in [0.25, 0.3) is 17.1 Å². The molecule has 2 aromatic heterocycles. The topological polar surface area (TPSA) is 120 Å². The van der Waals surface area contributed by atoms with E-state index in [1.165, 1.54) is 16.3 Å². The number of carbonyl (C=O) groups is 1. The molecule has 40 heavy (non-hydrogen) atoms. The number of nitrogens with zero attached hydrogens (tertiary/aromatic N) is 5. The van der Waals surface area contributed by atoms with E-state index in [2.05, 4.69) is 20.4 Å². The van der Waals surface area contributed by atoms with Gasteiger partial charge in [0.2, 0.25) is 0 Å². The number of rotatable bonds is 7. The van der Waals surface area contributed by atoms with Crippen molar-refractivity contribution in [3.8, 4) is 17.1 Å². The van der Waals surface area contributed by atoms with Gasteiger partial charge in [0.25, 0.3) is 5.56 Å². The molecule has 1 saturated heterocycles. The fourth-order valence-electron chi connectivity index (χ4n) is 4.65. The van der Waals surface area contributed by atoms with Gasteiger partial charge in [0, 0.05) is 38.9 Å². The molecule has 10 nitrogen and oxygen atoms in total. The third kappa shape index (κ3) is 6.99. The van der Waals surface area contributed by atoms with Crippen LogP contribution in [0.5, 0.6) is 0 Å². The average molecular weight is 548 g/mol. The zero-order valence-electron chi connectivity index (χ0n) is 22.9. The first-order valence-electron chi connectivity index (χ1n) is 13.0. The highest BCUT2D eigenvalue weighted by Gasteiger charge is 2.23. The number of hydrogen-bond donors (Lipinski definition) is 2. The second kappa shape index (κ2) is 13.1. The largest absolute Gasteiger partial charge is 0.383 e. The van der Waals surface area contributed by atoms with Crippen molar-refractivity contribution in [1.82, 2.24) is 24.5 Å². The van der Waals surface area contributed by atoms with Crippen LogP contribution in [-0.4, -0.2) is 63.8 Å². The lowest BCUT2D eigenvalue weighted by atomic mass is 9.99. The summed E-state index contributed by atoms with van der Waals surface area (Å²) in [7, 11) is 3.30. The van der Waals surface area contributed by atoms with Crippen molar-refractivity contribution in [2.45, 2.75) is 19.3 Å². The average Bonchev–Trinajstić information content (AvgIpc) is 3.55. The first-order valence-corrected chi connectivity index (χ1v) is 13.0. The van der Waals surface area contributed by atoms with E-state index in [0.29, 0.717) is 28.7 Å². The molecule has 0 radical (unpaired) electrons. The normalized spacial score (nSPS) is 14.9. The van der Waals surface area contributed by atoms with Crippen LogP contribution in [0.1, 0.15) is 23.5 Å². The smallest absolute Gasteiger partial charge is 0.317 e. The number of urea groups is 1. The highest BCUT2D eigenvalue weighted by molar-refractivity contribution is 5.89. The summed E-state index contributed by atoms with van der Waals surface area (Å²) >= 11 is 0. The summed E-state index contributed by atoms with van der Waals surface area (Å²) in [5, 5.41) is 11.4. The molecule has 3 heterocycles. The Kier molecular flexibility index (Phi) is 9.41. The number of halogens is 1. The number of likely N-dealkylation sites (tertiary alicyclic amines) is 1. The molecule has 5 rings (SSSR count). The Morgan fingerprint density at radius 1 is 1.10 bits per heavy atom. The molecule has 0 aliphatic carbocycles. The van der Waals surface area contributed by atoms with Crippen molar-refractivity contribution in [3.63, 3.8) is 0 Å². The summed E-state index contributed by atoms with van der Waals surface area (Å²) in [6.45, 7) is 5.77. The van der Waals surface area contributed by atoms with Gasteiger partial charge in [-0.05, 0) is 61.7 Å². The first-order chi connectivity index (χ1) is 19.3. The van der Waals surface area contributed by atoms with E-state index in [1.54, 1.807) is 44.0 Å². The molecule has 0 bridgehead atoms. The number of aromatic nitrogens is 4. The molecular weight excluding hydrogens is 513 g/mol. The summed E-state index contributed by atoms with van der Waals surface area (Å²) in [5.41, 5.74) is 8.86. The molecule has 1 atom stereocenters. The molecule has 3 N–H and O–H groups in total. The van der Waals surface area contributed by atoms with Crippen molar-refractivity contribution in [2.24, 2.45) is 12.8 Å². The zero-order chi connectivity index (χ0) is 28.6. The van der Waals surface area contributed by atoms with Crippen LogP contribution in [0.15, 0.2) is 71.5 Å². The Morgan fingerprint density at radius 2 is 1.82 bits per heavy atom. The maximum Gasteiger partial charge on any atom is 0.317 e. The summed E-state index contributed by atoms with van der Waals surface area (Å²) in [5.74, 6) is 0.856. The maximum atomic E-state index is 12.8. The molecule has 1 unspecified atom stereocenters. The number of aryl methyl sites for hydroxylation is 1. The summed E-state index contributed by atoms with van der Waals surface area (Å²) in [6.07, 6.45) is 1.16. The van der Waals surface area contributed by atoms with E-state index < -0.39 is 6.03 Å².